The molecule has 1 heterocycles. The maximum atomic E-state index is 4.87. The quantitative estimate of drug-likeness (QED) is 0.707. The Morgan fingerprint density at radius 2 is 1.79 bits per heavy atom. The fourth-order valence-electron chi connectivity index (χ4n) is 4.47. The summed E-state index contributed by atoms with van der Waals surface area (Å²) in [7, 11) is 0. The Morgan fingerprint density at radius 3 is 2.62 bits per heavy atom. The summed E-state index contributed by atoms with van der Waals surface area (Å²) in [6, 6.07) is 16.4. The fourth-order valence-corrected chi connectivity index (χ4v) is 4.47. The van der Waals surface area contributed by atoms with Gasteiger partial charge in [0.05, 0.1) is 6.04 Å². The molecule has 2 atom stereocenters. The summed E-state index contributed by atoms with van der Waals surface area (Å²) in [5, 5.41) is 0. The predicted octanol–water partition coefficient (Wildman–Crippen LogP) is 5.49. The molecule has 24 heavy (non-hydrogen) atoms. The highest BCUT2D eigenvalue weighted by Crippen LogP contribution is 2.39. The van der Waals surface area contributed by atoms with E-state index in [4.69, 9.17) is 4.99 Å². The summed E-state index contributed by atoms with van der Waals surface area (Å²) in [6.07, 6.45) is 10.9. The maximum Gasteiger partial charge on any atom is 0.0568 e. The van der Waals surface area contributed by atoms with Gasteiger partial charge in [-0.1, -0.05) is 56.2 Å². The fraction of sp³-hybridized carbons (Fsp3) is 0.435. The molecule has 0 saturated heterocycles. The molecule has 0 amide bonds. The number of hydrogen-bond donors (Lipinski definition) is 0. The first-order valence-electron chi connectivity index (χ1n) is 9.58. The Balaban J connectivity index is 1.63. The Bertz CT molecular complexity index is 729. The second-order valence-electron chi connectivity index (χ2n) is 7.33. The molecular weight excluding hydrogens is 290 g/mol. The van der Waals surface area contributed by atoms with Gasteiger partial charge in [-0.3, -0.25) is 4.99 Å². The van der Waals surface area contributed by atoms with Gasteiger partial charge in [-0.15, -0.1) is 0 Å². The van der Waals surface area contributed by atoms with Crippen LogP contribution in [0.4, 0.5) is 0 Å². The van der Waals surface area contributed by atoms with Crippen molar-refractivity contribution >= 4 is 6.21 Å². The molecule has 1 nitrogen and oxygen atoms in total. The smallest absolute Gasteiger partial charge is 0.0568 e. The molecule has 1 aliphatic carbocycles. The highest BCUT2D eigenvalue weighted by atomic mass is 14.8. The van der Waals surface area contributed by atoms with E-state index in [1.165, 1.54) is 42.4 Å². The number of aliphatic imine (C=N–C) groups is 1. The van der Waals surface area contributed by atoms with Gasteiger partial charge in [0.25, 0.3) is 0 Å². The molecule has 0 radical (unpaired) electrons. The normalized spacial score (nSPS) is 22.0. The summed E-state index contributed by atoms with van der Waals surface area (Å²) in [5.41, 5.74) is 7.47. The SMILES string of the molecule is CCc1cc2c(cc1CCc1ccccc1)C1CCCCC1N=C2. The van der Waals surface area contributed by atoms with Crippen molar-refractivity contribution in [2.24, 2.45) is 4.99 Å². The largest absolute Gasteiger partial charge is 0.289 e. The van der Waals surface area contributed by atoms with Crippen molar-refractivity contribution in [2.75, 3.05) is 0 Å². The van der Waals surface area contributed by atoms with Crippen LogP contribution < -0.4 is 0 Å². The first kappa shape index (κ1) is 15.6. The average Bonchev–Trinajstić information content (AvgIpc) is 2.66. The molecule has 0 N–H and O–H groups in total. The van der Waals surface area contributed by atoms with E-state index in [9.17, 15) is 0 Å². The predicted molar refractivity (Wildman–Crippen MR) is 102 cm³/mol. The van der Waals surface area contributed by atoms with Crippen LogP contribution in [0.15, 0.2) is 47.5 Å². The van der Waals surface area contributed by atoms with Gasteiger partial charge in [-0.25, -0.2) is 0 Å². The van der Waals surface area contributed by atoms with Crippen LogP contribution in [0.5, 0.6) is 0 Å². The summed E-state index contributed by atoms with van der Waals surface area (Å²) in [5.74, 6) is 0.667. The summed E-state index contributed by atoms with van der Waals surface area (Å²) < 4.78 is 0. The molecule has 2 aromatic carbocycles. The number of fused-ring (bicyclic) bond motifs is 3. The van der Waals surface area contributed by atoms with E-state index in [-0.39, 0.29) is 0 Å². The minimum absolute atomic E-state index is 0.542. The molecule has 124 valence electrons. The Labute approximate surface area is 145 Å². The lowest BCUT2D eigenvalue weighted by atomic mass is 9.76. The van der Waals surface area contributed by atoms with Crippen LogP contribution in [0.3, 0.4) is 0 Å². The van der Waals surface area contributed by atoms with Crippen LogP contribution in [-0.4, -0.2) is 12.3 Å². The molecule has 1 fully saturated rings. The van der Waals surface area contributed by atoms with Crippen LogP contribution in [0.25, 0.3) is 0 Å². The third kappa shape index (κ3) is 3.05. The van der Waals surface area contributed by atoms with Crippen LogP contribution in [0.1, 0.15) is 66.3 Å². The van der Waals surface area contributed by atoms with Crippen molar-refractivity contribution in [3.8, 4) is 0 Å². The lowest BCUT2D eigenvalue weighted by Gasteiger charge is -2.33. The second kappa shape index (κ2) is 6.93. The number of rotatable bonds is 4. The van der Waals surface area contributed by atoms with E-state index in [0.717, 1.165) is 19.3 Å². The molecule has 1 saturated carbocycles. The van der Waals surface area contributed by atoms with Crippen LogP contribution in [-0.2, 0) is 19.3 Å². The Morgan fingerprint density at radius 1 is 0.958 bits per heavy atom. The molecule has 0 aromatic heterocycles. The zero-order valence-electron chi connectivity index (χ0n) is 14.7. The van der Waals surface area contributed by atoms with Gasteiger partial charge >= 0.3 is 0 Å². The number of hydrogen-bond acceptors (Lipinski definition) is 1. The zero-order valence-corrected chi connectivity index (χ0v) is 14.7. The third-order valence-corrected chi connectivity index (χ3v) is 5.85. The van der Waals surface area contributed by atoms with Crippen LogP contribution >= 0.6 is 0 Å². The van der Waals surface area contributed by atoms with Gasteiger partial charge in [-0.2, -0.15) is 0 Å². The second-order valence-corrected chi connectivity index (χ2v) is 7.33. The summed E-state index contributed by atoms with van der Waals surface area (Å²) in [6.45, 7) is 2.27. The zero-order chi connectivity index (χ0) is 16.4. The van der Waals surface area contributed by atoms with Gasteiger partial charge in [0.15, 0.2) is 0 Å². The molecule has 0 spiro atoms. The van der Waals surface area contributed by atoms with Crippen molar-refractivity contribution in [1.82, 2.24) is 0 Å². The lowest BCUT2D eigenvalue weighted by Crippen LogP contribution is -2.26. The molecule has 1 heteroatoms. The van der Waals surface area contributed by atoms with Gasteiger partial charge in [-0.05, 0) is 66.0 Å². The molecule has 0 bridgehead atoms. The van der Waals surface area contributed by atoms with E-state index in [2.05, 4.69) is 55.6 Å². The highest BCUT2D eigenvalue weighted by molar-refractivity contribution is 5.84. The molecule has 2 aromatic rings. The van der Waals surface area contributed by atoms with Crippen molar-refractivity contribution in [1.29, 1.82) is 0 Å². The maximum absolute atomic E-state index is 4.87. The van der Waals surface area contributed by atoms with E-state index in [1.807, 2.05) is 0 Å². The van der Waals surface area contributed by atoms with Crippen molar-refractivity contribution in [3.63, 3.8) is 0 Å². The number of nitrogens with zero attached hydrogens (tertiary/aromatic N) is 1. The van der Waals surface area contributed by atoms with E-state index in [1.54, 1.807) is 11.1 Å². The van der Waals surface area contributed by atoms with Crippen LogP contribution in [0, 0.1) is 0 Å². The van der Waals surface area contributed by atoms with Crippen molar-refractivity contribution in [3.05, 3.63) is 70.3 Å². The summed E-state index contributed by atoms with van der Waals surface area (Å²) in [4.78, 5) is 4.87. The van der Waals surface area contributed by atoms with Crippen LogP contribution in [0.2, 0.25) is 0 Å². The third-order valence-electron chi connectivity index (χ3n) is 5.85. The van der Waals surface area contributed by atoms with Gasteiger partial charge in [0.1, 0.15) is 0 Å². The topological polar surface area (TPSA) is 12.4 Å². The van der Waals surface area contributed by atoms with Crippen molar-refractivity contribution in [2.45, 2.75) is 63.8 Å². The molecule has 2 aliphatic rings. The minimum Gasteiger partial charge on any atom is -0.289 e. The molecule has 4 rings (SSSR count). The van der Waals surface area contributed by atoms with E-state index < -0.39 is 0 Å². The van der Waals surface area contributed by atoms with Gasteiger partial charge in [0, 0.05) is 12.1 Å². The summed E-state index contributed by atoms with van der Waals surface area (Å²) >= 11 is 0. The molecule has 2 unspecified atom stereocenters. The highest BCUT2D eigenvalue weighted by Gasteiger charge is 2.30. The monoisotopic (exact) mass is 317 g/mol. The first-order valence-corrected chi connectivity index (χ1v) is 9.58. The standard InChI is InChI=1S/C23H27N/c1-2-18-14-20-16-24-23-11-7-6-10-21(23)22(20)15-19(18)13-12-17-8-4-3-5-9-17/h3-5,8-9,14-16,21,23H,2,6-7,10-13H2,1H3. The first-order chi connectivity index (χ1) is 11.8. The van der Waals surface area contributed by atoms with Gasteiger partial charge < -0.3 is 0 Å². The average molecular weight is 317 g/mol. The Kier molecular flexibility index (Phi) is 4.51. The van der Waals surface area contributed by atoms with E-state index in [0.29, 0.717) is 12.0 Å². The minimum atomic E-state index is 0.542. The molecular formula is C23H27N. The van der Waals surface area contributed by atoms with Crippen molar-refractivity contribution < 1.29 is 0 Å². The number of aryl methyl sites for hydroxylation is 3. The van der Waals surface area contributed by atoms with E-state index >= 15 is 0 Å². The lowest BCUT2D eigenvalue weighted by molar-refractivity contribution is 0.384. The number of benzene rings is 2. The Hall–Kier alpha value is -1.89. The molecule has 1 aliphatic heterocycles. The van der Waals surface area contributed by atoms with Gasteiger partial charge in [0.2, 0.25) is 0 Å².